The highest BCUT2D eigenvalue weighted by Crippen LogP contribution is 2.05. The number of hydrogen-bond acceptors (Lipinski definition) is 2. The summed E-state index contributed by atoms with van der Waals surface area (Å²) in [6.07, 6.45) is 0. The largest absolute Gasteiger partial charge is 0.480 e. The SMILES string of the molecule is [2H]C([2H])[C@](C)(NC(=O)c1ccccc1)C(=O)O. The lowest BCUT2D eigenvalue weighted by Crippen LogP contribution is -2.49. The maximum absolute atomic E-state index is 11.7. The van der Waals surface area contributed by atoms with Crippen LogP contribution in [0.15, 0.2) is 30.3 Å². The van der Waals surface area contributed by atoms with Gasteiger partial charge >= 0.3 is 5.97 Å². The van der Waals surface area contributed by atoms with Gasteiger partial charge in [-0.1, -0.05) is 18.2 Å². The van der Waals surface area contributed by atoms with E-state index in [0.29, 0.717) is 5.56 Å². The molecular weight excluding hydrogens is 194 g/mol. The van der Waals surface area contributed by atoms with Crippen molar-refractivity contribution in [2.75, 3.05) is 0 Å². The molecule has 1 aromatic rings. The lowest BCUT2D eigenvalue weighted by molar-refractivity contribution is -0.143. The van der Waals surface area contributed by atoms with Gasteiger partial charge in [0, 0.05) is 8.30 Å². The van der Waals surface area contributed by atoms with Crippen molar-refractivity contribution >= 4 is 11.9 Å². The maximum atomic E-state index is 11.7. The average Bonchev–Trinajstić information content (AvgIpc) is 2.29. The molecule has 1 amide bonds. The monoisotopic (exact) mass is 209 g/mol. The van der Waals surface area contributed by atoms with Gasteiger partial charge in [0.1, 0.15) is 5.54 Å². The normalized spacial score (nSPS) is 16.1. The van der Waals surface area contributed by atoms with Crippen molar-refractivity contribution in [3.8, 4) is 0 Å². The van der Waals surface area contributed by atoms with E-state index >= 15 is 0 Å². The van der Waals surface area contributed by atoms with Crippen LogP contribution >= 0.6 is 0 Å². The summed E-state index contributed by atoms with van der Waals surface area (Å²) in [6, 6.07) is 8.07. The summed E-state index contributed by atoms with van der Waals surface area (Å²) in [5.41, 5.74) is -1.63. The molecule has 1 aromatic carbocycles. The minimum Gasteiger partial charge on any atom is -0.480 e. The summed E-state index contributed by atoms with van der Waals surface area (Å²) in [5, 5.41) is 11.1. The molecule has 0 saturated heterocycles. The third kappa shape index (κ3) is 2.80. The number of benzene rings is 1. The molecule has 0 bridgehead atoms. The van der Waals surface area contributed by atoms with Crippen LogP contribution in [0, 0.1) is 0 Å². The van der Waals surface area contributed by atoms with Gasteiger partial charge in [-0.3, -0.25) is 4.79 Å². The zero-order valence-corrected chi connectivity index (χ0v) is 8.23. The van der Waals surface area contributed by atoms with Crippen molar-refractivity contribution < 1.29 is 17.4 Å². The molecule has 80 valence electrons. The number of hydrogen-bond donors (Lipinski definition) is 2. The Morgan fingerprint density at radius 3 is 2.47 bits per heavy atom. The molecule has 15 heavy (non-hydrogen) atoms. The quantitative estimate of drug-likeness (QED) is 0.788. The van der Waals surface area contributed by atoms with E-state index in [1.54, 1.807) is 18.2 Å². The molecule has 1 rings (SSSR count). The van der Waals surface area contributed by atoms with Crippen molar-refractivity contribution in [1.29, 1.82) is 0 Å². The molecule has 0 aliphatic rings. The summed E-state index contributed by atoms with van der Waals surface area (Å²) in [6.45, 7) is -0.562. The molecule has 4 heteroatoms. The Morgan fingerprint density at radius 2 is 2.00 bits per heavy atom. The van der Waals surface area contributed by atoms with Gasteiger partial charge in [0.05, 0.1) is 0 Å². The number of carbonyl (C=O) groups excluding carboxylic acids is 1. The molecule has 0 aliphatic heterocycles. The topological polar surface area (TPSA) is 66.4 Å². The Labute approximate surface area is 90.7 Å². The summed E-state index contributed by atoms with van der Waals surface area (Å²) in [4.78, 5) is 22.7. The average molecular weight is 209 g/mol. The van der Waals surface area contributed by atoms with E-state index in [-0.39, 0.29) is 0 Å². The number of carboxylic acid groups (broad SMARTS) is 1. The first-order chi connectivity index (χ1) is 7.88. The van der Waals surface area contributed by atoms with Crippen molar-refractivity contribution in [1.82, 2.24) is 5.32 Å². The van der Waals surface area contributed by atoms with Gasteiger partial charge in [-0.25, -0.2) is 4.79 Å². The Kier molecular flexibility index (Phi) is 2.33. The number of carbonyl (C=O) groups is 2. The highest BCUT2D eigenvalue weighted by Gasteiger charge is 2.29. The van der Waals surface area contributed by atoms with Crippen LogP contribution in [0.25, 0.3) is 0 Å². The Morgan fingerprint density at radius 1 is 1.40 bits per heavy atom. The van der Waals surface area contributed by atoms with Gasteiger partial charge in [0.25, 0.3) is 5.91 Å². The van der Waals surface area contributed by atoms with Gasteiger partial charge < -0.3 is 10.4 Å². The maximum Gasteiger partial charge on any atom is 0.328 e. The highest BCUT2D eigenvalue weighted by atomic mass is 16.4. The Hall–Kier alpha value is -1.84. The fourth-order valence-corrected chi connectivity index (χ4v) is 0.951. The highest BCUT2D eigenvalue weighted by molar-refractivity contribution is 5.97. The van der Waals surface area contributed by atoms with Crippen LogP contribution in [-0.2, 0) is 4.79 Å². The van der Waals surface area contributed by atoms with E-state index < -0.39 is 24.3 Å². The summed E-state index contributed by atoms with van der Waals surface area (Å²) < 4.78 is 14.4. The first-order valence-corrected chi connectivity index (χ1v) is 4.33. The molecule has 0 saturated carbocycles. The molecule has 0 radical (unpaired) electrons. The van der Waals surface area contributed by atoms with Gasteiger partial charge in [-0.15, -0.1) is 0 Å². The molecule has 1 atom stereocenters. The minimum absolute atomic E-state index is 0.292. The number of rotatable bonds is 3. The number of aliphatic carboxylic acids is 1. The number of amides is 1. The first kappa shape index (κ1) is 8.47. The molecule has 0 fully saturated rings. The second-order valence-electron chi connectivity index (χ2n) is 3.33. The van der Waals surface area contributed by atoms with Crippen LogP contribution in [0.1, 0.15) is 26.9 Å². The lowest BCUT2D eigenvalue weighted by atomic mass is 10.1. The van der Waals surface area contributed by atoms with Crippen LogP contribution in [0.5, 0.6) is 0 Å². The predicted molar refractivity (Wildman–Crippen MR) is 55.6 cm³/mol. The van der Waals surface area contributed by atoms with E-state index in [1.807, 2.05) is 0 Å². The molecule has 0 spiro atoms. The number of nitrogens with one attached hydrogen (secondary N) is 1. The van der Waals surface area contributed by atoms with E-state index in [4.69, 9.17) is 7.85 Å². The van der Waals surface area contributed by atoms with Crippen LogP contribution in [-0.4, -0.2) is 22.5 Å². The van der Waals surface area contributed by atoms with Gasteiger partial charge in [-0.2, -0.15) is 0 Å². The molecule has 0 heterocycles. The molecule has 4 nitrogen and oxygen atoms in total. The smallest absolute Gasteiger partial charge is 0.328 e. The van der Waals surface area contributed by atoms with E-state index in [2.05, 4.69) is 5.32 Å². The molecule has 2 N–H and O–H groups in total. The standard InChI is InChI=1S/C11H13NO3/c1-11(2,10(14)15)12-9(13)8-6-4-3-5-7-8/h3-7H,1-2H3,(H,12,13)(H,14,15)/i1D2/t11-/m1/s1. The van der Waals surface area contributed by atoms with Crippen molar-refractivity contribution in [3.63, 3.8) is 0 Å². The van der Waals surface area contributed by atoms with Crippen LogP contribution < -0.4 is 5.32 Å². The Balaban J connectivity index is 2.90. The molecule has 0 aliphatic carbocycles. The van der Waals surface area contributed by atoms with Crippen LogP contribution in [0.3, 0.4) is 0 Å². The van der Waals surface area contributed by atoms with Crippen molar-refractivity contribution in [2.24, 2.45) is 0 Å². The van der Waals surface area contributed by atoms with Crippen molar-refractivity contribution in [3.05, 3.63) is 35.9 Å². The van der Waals surface area contributed by atoms with E-state index in [1.165, 1.54) is 12.1 Å². The van der Waals surface area contributed by atoms with Crippen LogP contribution in [0.2, 0.25) is 0 Å². The molecule has 0 aromatic heterocycles. The van der Waals surface area contributed by atoms with Gasteiger partial charge in [0.15, 0.2) is 0 Å². The van der Waals surface area contributed by atoms with Crippen LogP contribution in [0.4, 0.5) is 0 Å². The fraction of sp³-hybridized carbons (Fsp3) is 0.273. The van der Waals surface area contributed by atoms with Crippen molar-refractivity contribution in [2.45, 2.75) is 19.3 Å². The minimum atomic E-state index is -1.92. The third-order valence-electron chi connectivity index (χ3n) is 1.85. The van der Waals surface area contributed by atoms with E-state index in [0.717, 1.165) is 6.92 Å². The lowest BCUT2D eigenvalue weighted by Gasteiger charge is -2.20. The predicted octanol–water partition coefficient (Wildman–Crippen LogP) is 1.28. The van der Waals surface area contributed by atoms with Gasteiger partial charge in [0.2, 0.25) is 0 Å². The van der Waals surface area contributed by atoms with Gasteiger partial charge in [-0.05, 0) is 25.9 Å². The first-order valence-electron chi connectivity index (χ1n) is 5.49. The molecular formula is C11H13NO3. The number of carboxylic acids is 1. The summed E-state index contributed by atoms with van der Waals surface area (Å²) >= 11 is 0. The third-order valence-corrected chi connectivity index (χ3v) is 1.85. The fourth-order valence-electron chi connectivity index (χ4n) is 0.951. The molecule has 0 unspecified atom stereocenters. The summed E-state index contributed by atoms with van der Waals surface area (Å²) in [7, 11) is 0. The second-order valence-corrected chi connectivity index (χ2v) is 3.33. The van der Waals surface area contributed by atoms with E-state index in [9.17, 15) is 9.59 Å². The summed E-state index contributed by atoms with van der Waals surface area (Å²) in [5.74, 6) is -2.02. The zero-order valence-electron chi connectivity index (χ0n) is 10.2. The zero-order chi connectivity index (χ0) is 13.1. The second kappa shape index (κ2) is 4.13. The Bertz CT molecular complexity index is 422.